The highest BCUT2D eigenvalue weighted by atomic mass is 35.5. The van der Waals surface area contributed by atoms with E-state index in [0.29, 0.717) is 6.61 Å². The molecule has 0 aliphatic carbocycles. The van der Waals surface area contributed by atoms with Crippen LogP contribution < -0.4 is 4.74 Å². The van der Waals surface area contributed by atoms with Gasteiger partial charge < -0.3 is 4.74 Å². The van der Waals surface area contributed by atoms with Crippen LogP contribution in [0.3, 0.4) is 0 Å². The van der Waals surface area contributed by atoms with E-state index in [0.717, 1.165) is 33.5 Å². The zero-order valence-electron chi connectivity index (χ0n) is 10.6. The fourth-order valence-corrected chi connectivity index (χ4v) is 2.54. The van der Waals surface area contributed by atoms with Crippen LogP contribution in [0, 0.1) is 0 Å². The number of hydrogen-bond acceptors (Lipinski definition) is 2. The minimum absolute atomic E-state index is 0.491. The fourth-order valence-electron chi connectivity index (χ4n) is 2.41. The molecule has 3 aromatic rings. The Hall–Kier alpha value is -2.26. The van der Waals surface area contributed by atoms with E-state index in [4.69, 9.17) is 16.3 Å². The number of rotatable bonds is 1. The number of para-hydroxylation sites is 2. The van der Waals surface area contributed by atoms with Crippen LogP contribution in [-0.2, 0) is 6.61 Å². The van der Waals surface area contributed by atoms with E-state index in [9.17, 15) is 0 Å². The Morgan fingerprint density at radius 2 is 1.85 bits per heavy atom. The third-order valence-corrected chi connectivity index (χ3v) is 3.65. The molecule has 2 heterocycles. The van der Waals surface area contributed by atoms with Crippen molar-refractivity contribution in [2.24, 2.45) is 0 Å². The van der Waals surface area contributed by atoms with Crippen molar-refractivity contribution in [1.82, 2.24) is 9.55 Å². The summed E-state index contributed by atoms with van der Waals surface area (Å²) in [6, 6.07) is 15.7. The summed E-state index contributed by atoms with van der Waals surface area (Å²) in [5, 5.41) is 0.728. The lowest BCUT2D eigenvalue weighted by Gasteiger charge is -2.18. The number of nitrogens with zero attached hydrogens (tertiary/aromatic N) is 2. The second-order valence-corrected chi connectivity index (χ2v) is 5.11. The highest BCUT2D eigenvalue weighted by molar-refractivity contribution is 6.30. The van der Waals surface area contributed by atoms with Crippen LogP contribution in [0.4, 0.5) is 0 Å². The van der Waals surface area contributed by atoms with Crippen LogP contribution in [-0.4, -0.2) is 9.55 Å². The standard InChI is InChI=1S/C16H11ClN2O/c17-12-7-5-11(6-8-12)13-9-19-14-3-1-2-4-15(14)20-10-16(19)18-13/h1-9H,10H2. The molecular weight excluding hydrogens is 272 g/mol. The molecule has 0 amide bonds. The van der Waals surface area contributed by atoms with E-state index in [2.05, 4.69) is 9.55 Å². The van der Waals surface area contributed by atoms with E-state index >= 15 is 0 Å². The summed E-state index contributed by atoms with van der Waals surface area (Å²) in [6.07, 6.45) is 2.04. The van der Waals surface area contributed by atoms with Gasteiger partial charge in [-0.1, -0.05) is 35.9 Å². The van der Waals surface area contributed by atoms with Gasteiger partial charge in [0, 0.05) is 16.8 Å². The number of halogens is 1. The summed E-state index contributed by atoms with van der Waals surface area (Å²) < 4.78 is 7.80. The van der Waals surface area contributed by atoms with Crippen LogP contribution >= 0.6 is 11.6 Å². The van der Waals surface area contributed by atoms with E-state index in [-0.39, 0.29) is 0 Å². The SMILES string of the molecule is Clc1ccc(-c2cn3c(n2)COc2ccccc2-3)cc1. The smallest absolute Gasteiger partial charge is 0.152 e. The molecule has 0 N–H and O–H groups in total. The zero-order chi connectivity index (χ0) is 13.5. The molecule has 20 heavy (non-hydrogen) atoms. The number of fused-ring (bicyclic) bond motifs is 3. The van der Waals surface area contributed by atoms with Crippen molar-refractivity contribution < 1.29 is 4.74 Å². The van der Waals surface area contributed by atoms with Gasteiger partial charge in [-0.15, -0.1) is 0 Å². The predicted octanol–water partition coefficient (Wildman–Crippen LogP) is 4.09. The minimum Gasteiger partial charge on any atom is -0.483 e. The van der Waals surface area contributed by atoms with Gasteiger partial charge in [-0.05, 0) is 24.3 Å². The number of hydrogen-bond donors (Lipinski definition) is 0. The predicted molar refractivity (Wildman–Crippen MR) is 78.3 cm³/mol. The molecule has 1 aliphatic heterocycles. The molecular formula is C16H11ClN2O. The summed E-state index contributed by atoms with van der Waals surface area (Å²) in [5.74, 6) is 1.80. The monoisotopic (exact) mass is 282 g/mol. The highest BCUT2D eigenvalue weighted by Crippen LogP contribution is 2.31. The Balaban J connectivity index is 1.84. The molecule has 1 aromatic heterocycles. The van der Waals surface area contributed by atoms with E-state index in [1.54, 1.807) is 0 Å². The second kappa shape index (κ2) is 4.39. The topological polar surface area (TPSA) is 27.1 Å². The van der Waals surface area contributed by atoms with Crippen LogP contribution in [0.2, 0.25) is 5.02 Å². The van der Waals surface area contributed by atoms with Crippen LogP contribution in [0.25, 0.3) is 16.9 Å². The number of benzene rings is 2. The van der Waals surface area contributed by atoms with E-state index < -0.39 is 0 Å². The molecule has 0 radical (unpaired) electrons. The first-order chi connectivity index (χ1) is 9.81. The van der Waals surface area contributed by atoms with Gasteiger partial charge in [-0.25, -0.2) is 4.98 Å². The summed E-state index contributed by atoms with van der Waals surface area (Å²) in [6.45, 7) is 0.491. The van der Waals surface area contributed by atoms with Gasteiger partial charge in [0.1, 0.15) is 12.4 Å². The lowest BCUT2D eigenvalue weighted by molar-refractivity contribution is 0.279. The maximum absolute atomic E-state index is 5.92. The Bertz CT molecular complexity index is 777. The molecule has 2 aromatic carbocycles. The lowest BCUT2D eigenvalue weighted by Crippen LogP contribution is -2.12. The summed E-state index contributed by atoms with van der Waals surface area (Å²) in [4.78, 5) is 4.64. The van der Waals surface area contributed by atoms with Crippen LogP contribution in [0.1, 0.15) is 5.82 Å². The van der Waals surface area contributed by atoms with Gasteiger partial charge in [0.25, 0.3) is 0 Å². The number of aromatic nitrogens is 2. The zero-order valence-corrected chi connectivity index (χ0v) is 11.3. The second-order valence-electron chi connectivity index (χ2n) is 4.68. The molecule has 4 heteroatoms. The fraction of sp³-hybridized carbons (Fsp3) is 0.0625. The van der Waals surface area contributed by atoms with Gasteiger partial charge in [-0.3, -0.25) is 4.57 Å². The van der Waals surface area contributed by atoms with Crippen molar-refractivity contribution in [3.8, 4) is 22.7 Å². The van der Waals surface area contributed by atoms with E-state index in [1.807, 2.05) is 54.7 Å². The van der Waals surface area contributed by atoms with Crippen molar-refractivity contribution in [2.45, 2.75) is 6.61 Å². The Morgan fingerprint density at radius 3 is 2.70 bits per heavy atom. The first-order valence-corrected chi connectivity index (χ1v) is 6.75. The highest BCUT2D eigenvalue weighted by Gasteiger charge is 2.19. The quantitative estimate of drug-likeness (QED) is 0.672. The molecule has 0 unspecified atom stereocenters. The van der Waals surface area contributed by atoms with Crippen molar-refractivity contribution in [1.29, 1.82) is 0 Å². The van der Waals surface area contributed by atoms with Crippen molar-refractivity contribution in [3.63, 3.8) is 0 Å². The molecule has 0 fully saturated rings. The summed E-state index contributed by atoms with van der Waals surface area (Å²) in [5.41, 5.74) is 3.01. The molecule has 1 aliphatic rings. The van der Waals surface area contributed by atoms with Gasteiger partial charge in [0.05, 0.1) is 11.4 Å². The first-order valence-electron chi connectivity index (χ1n) is 6.38. The Labute approximate surface area is 121 Å². The average molecular weight is 283 g/mol. The van der Waals surface area contributed by atoms with Crippen LogP contribution in [0.15, 0.2) is 54.7 Å². The van der Waals surface area contributed by atoms with Crippen molar-refractivity contribution in [2.75, 3.05) is 0 Å². The van der Waals surface area contributed by atoms with Crippen LogP contribution in [0.5, 0.6) is 5.75 Å². The van der Waals surface area contributed by atoms with Crippen molar-refractivity contribution in [3.05, 3.63) is 65.6 Å². The molecule has 4 rings (SSSR count). The van der Waals surface area contributed by atoms with Gasteiger partial charge in [-0.2, -0.15) is 0 Å². The maximum atomic E-state index is 5.92. The normalized spacial score (nSPS) is 12.4. The molecule has 98 valence electrons. The molecule has 0 atom stereocenters. The largest absolute Gasteiger partial charge is 0.483 e. The van der Waals surface area contributed by atoms with Gasteiger partial charge in [0.15, 0.2) is 5.82 Å². The third kappa shape index (κ3) is 1.79. The summed E-state index contributed by atoms with van der Waals surface area (Å²) in [7, 11) is 0. The molecule has 3 nitrogen and oxygen atoms in total. The molecule has 0 saturated heterocycles. The average Bonchev–Trinajstić information content (AvgIpc) is 2.92. The first kappa shape index (κ1) is 11.6. The molecule has 0 spiro atoms. The minimum atomic E-state index is 0.491. The number of ether oxygens (including phenoxy) is 1. The maximum Gasteiger partial charge on any atom is 0.152 e. The van der Waals surface area contributed by atoms with Gasteiger partial charge in [0.2, 0.25) is 0 Å². The lowest BCUT2D eigenvalue weighted by atomic mass is 10.2. The third-order valence-electron chi connectivity index (χ3n) is 3.40. The van der Waals surface area contributed by atoms with Gasteiger partial charge >= 0.3 is 0 Å². The molecule has 0 bridgehead atoms. The number of imidazole rings is 1. The molecule has 0 saturated carbocycles. The van der Waals surface area contributed by atoms with Crippen molar-refractivity contribution >= 4 is 11.6 Å². The Morgan fingerprint density at radius 1 is 1.05 bits per heavy atom. The summed E-state index contributed by atoms with van der Waals surface area (Å²) >= 11 is 5.92. The Kier molecular flexibility index (Phi) is 2.54. The van der Waals surface area contributed by atoms with E-state index in [1.165, 1.54) is 0 Å².